The number of nitro groups is 1. The lowest BCUT2D eigenvalue weighted by Gasteiger charge is -2.34. The van der Waals surface area contributed by atoms with E-state index in [-0.39, 0.29) is 11.4 Å². The Morgan fingerprint density at radius 3 is 2.35 bits per heavy atom. The highest BCUT2D eigenvalue weighted by Gasteiger charge is 2.24. The highest BCUT2D eigenvalue weighted by Crippen LogP contribution is 2.28. The molecule has 0 aromatic heterocycles. The van der Waals surface area contributed by atoms with Crippen LogP contribution in [0.2, 0.25) is 0 Å². The van der Waals surface area contributed by atoms with Gasteiger partial charge in [-0.1, -0.05) is 0 Å². The minimum atomic E-state index is -3.18. The van der Waals surface area contributed by atoms with Crippen LogP contribution in [0, 0.1) is 10.1 Å². The van der Waals surface area contributed by atoms with Crippen molar-refractivity contribution < 1.29 is 13.3 Å². The van der Waals surface area contributed by atoms with Crippen molar-refractivity contribution in [3.05, 3.63) is 28.3 Å². The Hall–Kier alpha value is -1.87. The van der Waals surface area contributed by atoms with E-state index in [1.54, 1.807) is 6.07 Å². The highest BCUT2D eigenvalue weighted by atomic mass is 32.2. The van der Waals surface area contributed by atoms with Gasteiger partial charge < -0.3 is 10.6 Å². The van der Waals surface area contributed by atoms with E-state index in [1.807, 2.05) is 4.90 Å². The molecule has 1 aromatic rings. The number of sulfonamides is 1. The van der Waals surface area contributed by atoms with Gasteiger partial charge in [-0.2, -0.15) is 4.31 Å². The monoisotopic (exact) mass is 300 g/mol. The van der Waals surface area contributed by atoms with E-state index in [1.165, 1.54) is 22.7 Å². The van der Waals surface area contributed by atoms with E-state index in [9.17, 15) is 18.5 Å². The van der Waals surface area contributed by atoms with Crippen LogP contribution in [0.5, 0.6) is 0 Å². The summed E-state index contributed by atoms with van der Waals surface area (Å²) in [6, 6.07) is 4.63. The quantitative estimate of drug-likeness (QED) is 0.487. The van der Waals surface area contributed by atoms with Gasteiger partial charge in [-0.15, -0.1) is 0 Å². The normalized spacial score (nSPS) is 17.1. The smallest absolute Gasteiger partial charge is 0.294 e. The van der Waals surface area contributed by atoms with Crippen LogP contribution in [-0.4, -0.2) is 50.1 Å². The van der Waals surface area contributed by atoms with Gasteiger partial charge in [0, 0.05) is 37.9 Å². The predicted molar refractivity (Wildman–Crippen MR) is 76.1 cm³/mol. The molecular weight excluding hydrogens is 284 g/mol. The first kappa shape index (κ1) is 14.5. The molecule has 0 aliphatic carbocycles. The van der Waals surface area contributed by atoms with E-state index in [4.69, 9.17) is 5.73 Å². The van der Waals surface area contributed by atoms with Gasteiger partial charge >= 0.3 is 0 Å². The maximum absolute atomic E-state index is 11.4. The number of nitrogen functional groups attached to an aromatic ring is 1. The summed E-state index contributed by atoms with van der Waals surface area (Å²) in [4.78, 5) is 12.2. The summed E-state index contributed by atoms with van der Waals surface area (Å²) in [5, 5.41) is 10.9. The van der Waals surface area contributed by atoms with E-state index < -0.39 is 14.9 Å². The Morgan fingerprint density at radius 2 is 1.85 bits per heavy atom. The van der Waals surface area contributed by atoms with Crippen LogP contribution in [-0.2, 0) is 10.0 Å². The Morgan fingerprint density at radius 1 is 1.25 bits per heavy atom. The zero-order valence-corrected chi connectivity index (χ0v) is 11.8. The largest absolute Gasteiger partial charge is 0.393 e. The third-order valence-electron chi connectivity index (χ3n) is 3.28. The summed E-state index contributed by atoms with van der Waals surface area (Å²) < 4.78 is 24.2. The summed E-state index contributed by atoms with van der Waals surface area (Å²) in [6.07, 6.45) is 1.18. The molecule has 1 fully saturated rings. The third kappa shape index (κ3) is 2.99. The van der Waals surface area contributed by atoms with Gasteiger partial charge in [0.2, 0.25) is 10.0 Å². The van der Waals surface area contributed by atoms with Gasteiger partial charge in [0.1, 0.15) is 5.69 Å². The molecule has 1 saturated heterocycles. The standard InChI is InChI=1S/C11H16N4O4S/c1-20(18,19)14-6-4-13(5-7-14)9-2-3-10(12)11(8-9)15(16)17/h2-3,8H,4-7,12H2,1H3. The Balaban J connectivity index is 2.15. The fourth-order valence-electron chi connectivity index (χ4n) is 2.16. The molecule has 1 aliphatic heterocycles. The van der Waals surface area contributed by atoms with Crippen molar-refractivity contribution in [2.45, 2.75) is 0 Å². The molecule has 9 heteroatoms. The molecule has 1 aromatic carbocycles. The Labute approximate surface area is 117 Å². The fourth-order valence-corrected chi connectivity index (χ4v) is 2.99. The number of piperazine rings is 1. The number of rotatable bonds is 3. The van der Waals surface area contributed by atoms with Crippen molar-refractivity contribution >= 4 is 27.1 Å². The first-order valence-corrected chi connectivity index (χ1v) is 7.88. The topological polar surface area (TPSA) is 110 Å². The van der Waals surface area contributed by atoms with Gasteiger partial charge in [0.05, 0.1) is 11.2 Å². The van der Waals surface area contributed by atoms with Gasteiger partial charge in [0.25, 0.3) is 5.69 Å². The maximum Gasteiger partial charge on any atom is 0.294 e. The predicted octanol–water partition coefficient (Wildman–Crippen LogP) is 0.259. The summed E-state index contributed by atoms with van der Waals surface area (Å²) in [5.74, 6) is 0. The molecular formula is C11H16N4O4S. The molecule has 0 amide bonds. The van der Waals surface area contributed by atoms with Crippen molar-refractivity contribution in [1.82, 2.24) is 4.31 Å². The lowest BCUT2D eigenvalue weighted by molar-refractivity contribution is -0.383. The van der Waals surface area contributed by atoms with Gasteiger partial charge in [-0.3, -0.25) is 10.1 Å². The number of anilines is 2. The fraction of sp³-hybridized carbons (Fsp3) is 0.455. The molecule has 2 rings (SSSR count). The second-order valence-electron chi connectivity index (χ2n) is 4.65. The van der Waals surface area contributed by atoms with Gasteiger partial charge in [0.15, 0.2) is 0 Å². The van der Waals surface area contributed by atoms with E-state index in [2.05, 4.69) is 0 Å². The van der Waals surface area contributed by atoms with Crippen LogP contribution in [0.15, 0.2) is 18.2 Å². The molecule has 0 unspecified atom stereocenters. The number of benzene rings is 1. The number of nitrogens with zero attached hydrogens (tertiary/aromatic N) is 3. The zero-order valence-electron chi connectivity index (χ0n) is 11.0. The first-order chi connectivity index (χ1) is 9.29. The van der Waals surface area contributed by atoms with Gasteiger partial charge in [-0.05, 0) is 12.1 Å². The van der Waals surface area contributed by atoms with Crippen molar-refractivity contribution in [3.63, 3.8) is 0 Å². The van der Waals surface area contributed by atoms with E-state index >= 15 is 0 Å². The molecule has 8 nitrogen and oxygen atoms in total. The molecule has 20 heavy (non-hydrogen) atoms. The van der Waals surface area contributed by atoms with Crippen LogP contribution in [0.25, 0.3) is 0 Å². The third-order valence-corrected chi connectivity index (χ3v) is 4.59. The van der Waals surface area contributed by atoms with Crippen LogP contribution in [0.1, 0.15) is 0 Å². The minimum Gasteiger partial charge on any atom is -0.393 e. The molecule has 2 N–H and O–H groups in total. The summed E-state index contributed by atoms with van der Waals surface area (Å²) in [5.41, 5.74) is 6.22. The van der Waals surface area contributed by atoms with Gasteiger partial charge in [-0.25, -0.2) is 8.42 Å². The Kier molecular flexibility index (Phi) is 3.82. The Bertz CT molecular complexity index is 623. The van der Waals surface area contributed by atoms with Crippen LogP contribution in [0.3, 0.4) is 0 Å². The number of hydrogen-bond donors (Lipinski definition) is 1. The molecule has 0 spiro atoms. The van der Waals surface area contributed by atoms with Crippen LogP contribution >= 0.6 is 0 Å². The summed E-state index contributed by atoms with van der Waals surface area (Å²) >= 11 is 0. The lowest BCUT2D eigenvalue weighted by Crippen LogP contribution is -2.48. The molecule has 0 atom stereocenters. The second-order valence-corrected chi connectivity index (χ2v) is 6.63. The van der Waals surface area contributed by atoms with Crippen molar-refractivity contribution in [1.29, 1.82) is 0 Å². The van der Waals surface area contributed by atoms with E-state index in [0.29, 0.717) is 31.9 Å². The molecule has 0 bridgehead atoms. The maximum atomic E-state index is 11.4. The molecule has 1 heterocycles. The average molecular weight is 300 g/mol. The lowest BCUT2D eigenvalue weighted by atomic mass is 10.2. The van der Waals surface area contributed by atoms with Crippen molar-refractivity contribution in [2.75, 3.05) is 43.1 Å². The van der Waals surface area contributed by atoms with Crippen LogP contribution < -0.4 is 10.6 Å². The SMILES string of the molecule is CS(=O)(=O)N1CCN(c2ccc(N)c([N+](=O)[O-])c2)CC1. The van der Waals surface area contributed by atoms with Crippen LogP contribution in [0.4, 0.5) is 17.1 Å². The van der Waals surface area contributed by atoms with E-state index in [0.717, 1.165) is 0 Å². The summed E-state index contributed by atoms with van der Waals surface area (Å²) in [6.45, 7) is 1.73. The number of nitrogens with two attached hydrogens (primary N) is 1. The molecule has 0 saturated carbocycles. The zero-order chi connectivity index (χ0) is 14.9. The minimum absolute atomic E-state index is 0.119. The molecule has 1 aliphatic rings. The average Bonchev–Trinajstić information content (AvgIpc) is 2.38. The summed E-state index contributed by atoms with van der Waals surface area (Å²) in [7, 11) is -3.18. The second kappa shape index (κ2) is 5.25. The van der Waals surface area contributed by atoms with Crippen molar-refractivity contribution in [3.8, 4) is 0 Å². The molecule has 0 radical (unpaired) electrons. The highest BCUT2D eigenvalue weighted by molar-refractivity contribution is 7.88. The van der Waals surface area contributed by atoms with Crippen molar-refractivity contribution in [2.24, 2.45) is 0 Å². The number of hydrogen-bond acceptors (Lipinski definition) is 6. The molecule has 110 valence electrons. The first-order valence-electron chi connectivity index (χ1n) is 6.03. The number of nitro benzene ring substituents is 1.